The third kappa shape index (κ3) is 3.78. The van der Waals surface area contributed by atoms with E-state index in [2.05, 4.69) is 6.08 Å². The zero-order chi connectivity index (χ0) is 16.4. The van der Waals surface area contributed by atoms with Crippen molar-refractivity contribution < 1.29 is 19.0 Å². The maximum absolute atomic E-state index is 12.3. The highest BCUT2D eigenvalue weighted by Gasteiger charge is 2.30. The van der Waals surface area contributed by atoms with Crippen molar-refractivity contribution in [1.82, 2.24) is 4.90 Å². The lowest BCUT2D eigenvalue weighted by Crippen LogP contribution is -2.39. The van der Waals surface area contributed by atoms with E-state index in [1.54, 1.807) is 4.90 Å². The van der Waals surface area contributed by atoms with Crippen LogP contribution in [0.25, 0.3) is 6.08 Å². The lowest BCUT2D eigenvalue weighted by molar-refractivity contribution is 0.0256. The Bertz CT molecular complexity index is 618. The van der Waals surface area contributed by atoms with Crippen LogP contribution >= 0.6 is 0 Å². The number of rotatable bonds is 2. The number of amides is 1. The van der Waals surface area contributed by atoms with Crippen molar-refractivity contribution in [1.29, 1.82) is 0 Å². The van der Waals surface area contributed by atoms with Crippen LogP contribution < -0.4 is 9.47 Å². The second kappa shape index (κ2) is 6.14. The Kier molecular flexibility index (Phi) is 4.20. The maximum atomic E-state index is 12.3. The first-order chi connectivity index (χ1) is 10.9. The van der Waals surface area contributed by atoms with E-state index in [0.29, 0.717) is 0 Å². The standard InChI is InChI=1S/C18H23NO4/c1-18(2,3)23-17(20)19-10-4-5-14(19)8-6-13-7-9-15-16(11-13)22-12-21-15/h6-9,11,14H,4-5,10,12H2,1-3H3/b8-6+. The van der Waals surface area contributed by atoms with Crippen LogP contribution in [0.3, 0.4) is 0 Å². The molecular weight excluding hydrogens is 294 g/mol. The highest BCUT2D eigenvalue weighted by molar-refractivity contribution is 5.69. The molecule has 2 aliphatic rings. The summed E-state index contributed by atoms with van der Waals surface area (Å²) in [5.74, 6) is 1.54. The van der Waals surface area contributed by atoms with E-state index >= 15 is 0 Å². The molecule has 0 radical (unpaired) electrons. The monoisotopic (exact) mass is 317 g/mol. The minimum absolute atomic E-state index is 0.0790. The lowest BCUT2D eigenvalue weighted by atomic mass is 10.1. The molecule has 1 aromatic carbocycles. The summed E-state index contributed by atoms with van der Waals surface area (Å²) in [5.41, 5.74) is 0.566. The molecule has 23 heavy (non-hydrogen) atoms. The summed E-state index contributed by atoms with van der Waals surface area (Å²) >= 11 is 0. The molecule has 2 heterocycles. The van der Waals surface area contributed by atoms with E-state index in [0.717, 1.165) is 36.4 Å². The average molecular weight is 317 g/mol. The maximum Gasteiger partial charge on any atom is 0.410 e. The Morgan fingerprint density at radius 2 is 2.09 bits per heavy atom. The Hall–Kier alpha value is -2.17. The predicted molar refractivity (Wildman–Crippen MR) is 87.6 cm³/mol. The topological polar surface area (TPSA) is 48.0 Å². The van der Waals surface area contributed by atoms with E-state index in [1.807, 2.05) is 45.0 Å². The van der Waals surface area contributed by atoms with Crippen molar-refractivity contribution in [3.05, 3.63) is 29.8 Å². The number of hydrogen-bond acceptors (Lipinski definition) is 4. The molecule has 1 aromatic rings. The van der Waals surface area contributed by atoms with Crippen LogP contribution in [-0.4, -0.2) is 36.0 Å². The van der Waals surface area contributed by atoms with Gasteiger partial charge in [0.2, 0.25) is 6.79 Å². The molecule has 0 N–H and O–H groups in total. The Balaban J connectivity index is 1.67. The van der Waals surface area contributed by atoms with Crippen LogP contribution in [0.4, 0.5) is 4.79 Å². The molecule has 1 unspecified atom stereocenters. The fourth-order valence-electron chi connectivity index (χ4n) is 2.78. The Labute approximate surface area is 136 Å². The van der Waals surface area contributed by atoms with Crippen LogP contribution in [0.15, 0.2) is 24.3 Å². The Morgan fingerprint density at radius 1 is 1.30 bits per heavy atom. The molecule has 5 heteroatoms. The largest absolute Gasteiger partial charge is 0.454 e. The van der Waals surface area contributed by atoms with Gasteiger partial charge in [0.15, 0.2) is 11.5 Å². The molecule has 0 aromatic heterocycles. The summed E-state index contributed by atoms with van der Waals surface area (Å²) in [6, 6.07) is 5.92. The van der Waals surface area contributed by atoms with Gasteiger partial charge in [-0.25, -0.2) is 4.79 Å². The second-order valence-corrected chi connectivity index (χ2v) is 6.86. The molecule has 0 aliphatic carbocycles. The van der Waals surface area contributed by atoms with Crippen LogP contribution in [0.5, 0.6) is 11.5 Å². The molecule has 124 valence electrons. The van der Waals surface area contributed by atoms with Gasteiger partial charge in [0, 0.05) is 6.54 Å². The molecule has 1 atom stereocenters. The van der Waals surface area contributed by atoms with Gasteiger partial charge in [-0.1, -0.05) is 18.2 Å². The number of fused-ring (bicyclic) bond motifs is 1. The zero-order valence-electron chi connectivity index (χ0n) is 13.9. The smallest absolute Gasteiger partial charge is 0.410 e. The second-order valence-electron chi connectivity index (χ2n) is 6.86. The van der Waals surface area contributed by atoms with Gasteiger partial charge in [0.25, 0.3) is 0 Å². The first-order valence-corrected chi connectivity index (χ1v) is 8.00. The van der Waals surface area contributed by atoms with Crippen molar-refractivity contribution in [2.45, 2.75) is 45.3 Å². The number of carbonyl (C=O) groups excluding carboxylic acids is 1. The van der Waals surface area contributed by atoms with Gasteiger partial charge in [-0.3, -0.25) is 0 Å². The lowest BCUT2D eigenvalue weighted by Gasteiger charge is -2.27. The van der Waals surface area contributed by atoms with Crippen LogP contribution in [-0.2, 0) is 4.74 Å². The fraction of sp³-hybridized carbons (Fsp3) is 0.500. The van der Waals surface area contributed by atoms with Gasteiger partial charge in [0.1, 0.15) is 5.60 Å². The summed E-state index contributed by atoms with van der Waals surface area (Å²) in [6.45, 7) is 6.68. The molecule has 0 saturated carbocycles. The van der Waals surface area contributed by atoms with Crippen LogP contribution in [0, 0.1) is 0 Å². The molecule has 3 rings (SSSR count). The molecule has 5 nitrogen and oxygen atoms in total. The minimum atomic E-state index is -0.467. The van der Waals surface area contributed by atoms with Gasteiger partial charge < -0.3 is 19.1 Å². The van der Waals surface area contributed by atoms with Gasteiger partial charge in [-0.05, 0) is 51.3 Å². The molecule has 0 bridgehead atoms. The minimum Gasteiger partial charge on any atom is -0.454 e. The number of nitrogens with zero attached hydrogens (tertiary/aromatic N) is 1. The molecule has 2 aliphatic heterocycles. The molecular formula is C18H23NO4. The Morgan fingerprint density at radius 3 is 2.87 bits per heavy atom. The van der Waals surface area contributed by atoms with Crippen molar-refractivity contribution >= 4 is 12.2 Å². The molecule has 1 fully saturated rings. The number of likely N-dealkylation sites (tertiary alicyclic amines) is 1. The van der Waals surface area contributed by atoms with E-state index < -0.39 is 5.60 Å². The first kappa shape index (κ1) is 15.7. The number of ether oxygens (including phenoxy) is 3. The van der Waals surface area contributed by atoms with Crippen LogP contribution in [0.2, 0.25) is 0 Å². The summed E-state index contributed by atoms with van der Waals surface area (Å²) in [6.07, 6.45) is 5.80. The quantitative estimate of drug-likeness (QED) is 0.832. The SMILES string of the molecule is CC(C)(C)OC(=O)N1CCCC1/C=C/c1ccc2c(c1)OCO2. The van der Waals surface area contributed by atoms with Crippen molar-refractivity contribution in [2.75, 3.05) is 13.3 Å². The van der Waals surface area contributed by atoms with E-state index in [9.17, 15) is 4.79 Å². The number of benzene rings is 1. The molecule has 0 spiro atoms. The van der Waals surface area contributed by atoms with Crippen molar-refractivity contribution in [3.8, 4) is 11.5 Å². The fourth-order valence-corrected chi connectivity index (χ4v) is 2.78. The van der Waals surface area contributed by atoms with Gasteiger partial charge >= 0.3 is 6.09 Å². The summed E-state index contributed by atoms with van der Waals surface area (Å²) < 4.78 is 16.2. The highest BCUT2D eigenvalue weighted by atomic mass is 16.7. The average Bonchev–Trinajstić information content (AvgIpc) is 3.11. The summed E-state index contributed by atoms with van der Waals surface area (Å²) in [4.78, 5) is 14.1. The third-order valence-corrected chi connectivity index (χ3v) is 3.83. The number of carbonyl (C=O) groups is 1. The van der Waals surface area contributed by atoms with E-state index in [1.165, 1.54) is 0 Å². The first-order valence-electron chi connectivity index (χ1n) is 8.00. The molecule has 1 amide bonds. The highest BCUT2D eigenvalue weighted by Crippen LogP contribution is 2.33. The van der Waals surface area contributed by atoms with Gasteiger partial charge in [0.05, 0.1) is 6.04 Å². The normalized spacial score (nSPS) is 20.3. The third-order valence-electron chi connectivity index (χ3n) is 3.83. The summed E-state index contributed by atoms with van der Waals surface area (Å²) in [7, 11) is 0. The summed E-state index contributed by atoms with van der Waals surface area (Å²) in [5, 5.41) is 0. The van der Waals surface area contributed by atoms with Gasteiger partial charge in [-0.2, -0.15) is 0 Å². The predicted octanol–water partition coefficient (Wildman–Crippen LogP) is 3.83. The van der Waals surface area contributed by atoms with Crippen molar-refractivity contribution in [2.24, 2.45) is 0 Å². The van der Waals surface area contributed by atoms with Crippen molar-refractivity contribution in [3.63, 3.8) is 0 Å². The van der Waals surface area contributed by atoms with E-state index in [4.69, 9.17) is 14.2 Å². The number of hydrogen-bond donors (Lipinski definition) is 0. The van der Waals surface area contributed by atoms with Gasteiger partial charge in [-0.15, -0.1) is 0 Å². The van der Waals surface area contributed by atoms with E-state index in [-0.39, 0.29) is 18.9 Å². The molecule has 1 saturated heterocycles. The zero-order valence-corrected chi connectivity index (χ0v) is 13.9. The van der Waals surface area contributed by atoms with Crippen LogP contribution in [0.1, 0.15) is 39.2 Å².